The lowest BCUT2D eigenvalue weighted by molar-refractivity contribution is -0.385. The molecule has 6 heteroatoms. The second kappa shape index (κ2) is 6.22. The van der Waals surface area contributed by atoms with Gasteiger partial charge < -0.3 is 9.84 Å². The van der Waals surface area contributed by atoms with Crippen LogP contribution in [-0.2, 0) is 6.61 Å². The molecule has 1 N–H and O–H groups in total. The summed E-state index contributed by atoms with van der Waals surface area (Å²) in [5.74, 6) is 0.124. The summed E-state index contributed by atoms with van der Waals surface area (Å²) in [5.41, 5.74) is 2.51. The summed E-state index contributed by atoms with van der Waals surface area (Å²) in [6, 6.07) is 4.23. The van der Waals surface area contributed by atoms with Crippen LogP contribution >= 0.6 is 11.6 Å². The Labute approximate surface area is 103 Å². The number of aliphatic hydroxyl groups excluding tert-OH is 1. The van der Waals surface area contributed by atoms with Crippen molar-refractivity contribution < 1.29 is 14.8 Å². The molecule has 1 aromatic carbocycles. The van der Waals surface area contributed by atoms with E-state index in [0.717, 1.165) is 5.57 Å². The molecule has 0 bridgehead atoms. The molecule has 17 heavy (non-hydrogen) atoms. The van der Waals surface area contributed by atoms with Gasteiger partial charge in [-0.1, -0.05) is 11.6 Å². The zero-order valence-corrected chi connectivity index (χ0v) is 9.98. The van der Waals surface area contributed by atoms with Crippen molar-refractivity contribution >= 4 is 17.3 Å². The number of rotatable bonds is 5. The minimum Gasteiger partial charge on any atom is -0.482 e. The summed E-state index contributed by atoms with van der Waals surface area (Å²) >= 11 is 5.46. The normalized spacial score (nSPS) is 11.4. The SMILES string of the molecule is C/C(=C/Cl)COc1cc(CO)ccc1[N+](=O)[O-]. The van der Waals surface area contributed by atoms with E-state index in [1.165, 1.54) is 23.7 Å². The Morgan fingerprint density at radius 3 is 2.88 bits per heavy atom. The van der Waals surface area contributed by atoms with E-state index in [9.17, 15) is 10.1 Å². The number of benzene rings is 1. The van der Waals surface area contributed by atoms with Crippen LogP contribution in [0.5, 0.6) is 5.75 Å². The first-order valence-electron chi connectivity index (χ1n) is 4.85. The van der Waals surface area contributed by atoms with Crippen LogP contribution in [0.15, 0.2) is 29.3 Å². The predicted molar refractivity (Wildman–Crippen MR) is 64.1 cm³/mol. The fraction of sp³-hybridized carbons (Fsp3) is 0.273. The van der Waals surface area contributed by atoms with Gasteiger partial charge in [-0.3, -0.25) is 10.1 Å². The van der Waals surface area contributed by atoms with Gasteiger partial charge in [0.05, 0.1) is 11.5 Å². The van der Waals surface area contributed by atoms with E-state index >= 15 is 0 Å². The Morgan fingerprint density at radius 1 is 1.65 bits per heavy atom. The van der Waals surface area contributed by atoms with Gasteiger partial charge in [-0.05, 0) is 30.2 Å². The number of hydrogen-bond acceptors (Lipinski definition) is 4. The molecule has 0 amide bonds. The topological polar surface area (TPSA) is 72.6 Å². The molecule has 0 saturated heterocycles. The van der Waals surface area contributed by atoms with E-state index < -0.39 is 4.92 Å². The summed E-state index contributed by atoms with van der Waals surface area (Å²) in [6.45, 7) is 1.71. The first kappa shape index (κ1) is 13.5. The van der Waals surface area contributed by atoms with Crippen LogP contribution in [0.2, 0.25) is 0 Å². The van der Waals surface area contributed by atoms with Crippen LogP contribution < -0.4 is 4.74 Å². The molecule has 0 aliphatic carbocycles. The van der Waals surface area contributed by atoms with E-state index in [0.29, 0.717) is 5.56 Å². The molecular weight excluding hydrogens is 246 g/mol. The number of ether oxygens (including phenoxy) is 1. The number of hydrogen-bond donors (Lipinski definition) is 1. The maximum atomic E-state index is 10.8. The Balaban J connectivity index is 2.97. The van der Waals surface area contributed by atoms with Gasteiger partial charge in [0.15, 0.2) is 5.75 Å². The van der Waals surface area contributed by atoms with Gasteiger partial charge in [-0.2, -0.15) is 0 Å². The lowest BCUT2D eigenvalue weighted by Gasteiger charge is -2.07. The Kier molecular flexibility index (Phi) is 4.93. The highest BCUT2D eigenvalue weighted by Gasteiger charge is 2.15. The van der Waals surface area contributed by atoms with Crippen molar-refractivity contribution in [2.75, 3.05) is 6.61 Å². The van der Waals surface area contributed by atoms with Crippen molar-refractivity contribution in [3.63, 3.8) is 0 Å². The van der Waals surface area contributed by atoms with Crippen LogP contribution in [-0.4, -0.2) is 16.6 Å². The van der Waals surface area contributed by atoms with Crippen molar-refractivity contribution in [1.82, 2.24) is 0 Å². The molecule has 5 nitrogen and oxygen atoms in total. The minimum atomic E-state index is -0.532. The van der Waals surface area contributed by atoms with Gasteiger partial charge >= 0.3 is 5.69 Å². The van der Waals surface area contributed by atoms with E-state index in [1.807, 2.05) is 0 Å². The molecule has 0 aliphatic heterocycles. The number of aliphatic hydroxyl groups is 1. The van der Waals surface area contributed by atoms with Crippen molar-refractivity contribution in [3.8, 4) is 5.75 Å². The molecule has 0 fully saturated rings. The standard InChI is InChI=1S/C11H12ClNO4/c1-8(5-12)7-17-11-4-9(6-14)2-3-10(11)13(15)16/h2-5,14H,6-7H2,1H3/b8-5-. The largest absolute Gasteiger partial charge is 0.482 e. The van der Waals surface area contributed by atoms with Gasteiger partial charge in [0.25, 0.3) is 0 Å². The molecule has 92 valence electrons. The fourth-order valence-corrected chi connectivity index (χ4v) is 1.21. The maximum Gasteiger partial charge on any atom is 0.310 e. The van der Waals surface area contributed by atoms with E-state index in [4.69, 9.17) is 21.4 Å². The van der Waals surface area contributed by atoms with Gasteiger partial charge in [-0.25, -0.2) is 0 Å². The lowest BCUT2D eigenvalue weighted by atomic mass is 10.2. The second-order valence-electron chi connectivity index (χ2n) is 3.46. The number of nitrogens with zero attached hydrogens (tertiary/aromatic N) is 1. The van der Waals surface area contributed by atoms with Crippen LogP contribution in [0, 0.1) is 10.1 Å². The Hall–Kier alpha value is -1.59. The highest BCUT2D eigenvalue weighted by molar-refractivity contribution is 6.25. The average molecular weight is 258 g/mol. The molecule has 0 spiro atoms. The third kappa shape index (κ3) is 3.72. The summed E-state index contributed by atoms with van der Waals surface area (Å²) in [5, 5.41) is 19.7. The zero-order valence-electron chi connectivity index (χ0n) is 9.22. The number of halogens is 1. The van der Waals surface area contributed by atoms with Crippen molar-refractivity contribution in [3.05, 3.63) is 45.0 Å². The van der Waals surface area contributed by atoms with Crippen molar-refractivity contribution in [2.24, 2.45) is 0 Å². The molecule has 1 aromatic rings. The van der Waals surface area contributed by atoms with Gasteiger partial charge in [0.1, 0.15) is 6.61 Å². The molecule has 0 radical (unpaired) electrons. The predicted octanol–water partition coefficient (Wildman–Crippen LogP) is 2.61. The molecule has 0 heterocycles. The summed E-state index contributed by atoms with van der Waals surface area (Å²) < 4.78 is 5.29. The average Bonchev–Trinajstić information content (AvgIpc) is 2.35. The van der Waals surface area contributed by atoms with Gasteiger partial charge in [-0.15, -0.1) is 0 Å². The summed E-state index contributed by atoms with van der Waals surface area (Å²) in [7, 11) is 0. The van der Waals surface area contributed by atoms with Crippen molar-refractivity contribution in [2.45, 2.75) is 13.5 Å². The number of nitro benzene ring substituents is 1. The number of nitro groups is 1. The maximum absolute atomic E-state index is 10.8. The van der Waals surface area contributed by atoms with E-state index in [2.05, 4.69) is 0 Å². The van der Waals surface area contributed by atoms with Crippen LogP contribution in [0.3, 0.4) is 0 Å². The third-order valence-corrected chi connectivity index (χ3v) is 2.42. The highest BCUT2D eigenvalue weighted by atomic mass is 35.5. The second-order valence-corrected chi connectivity index (χ2v) is 3.68. The zero-order chi connectivity index (χ0) is 12.8. The molecule has 0 atom stereocenters. The highest BCUT2D eigenvalue weighted by Crippen LogP contribution is 2.28. The van der Waals surface area contributed by atoms with Gasteiger partial charge in [0.2, 0.25) is 0 Å². The van der Waals surface area contributed by atoms with Gasteiger partial charge in [0, 0.05) is 11.6 Å². The molecule has 0 unspecified atom stereocenters. The summed E-state index contributed by atoms with van der Waals surface area (Å²) in [6.07, 6.45) is 0. The fourth-order valence-electron chi connectivity index (χ4n) is 1.15. The Morgan fingerprint density at radius 2 is 2.35 bits per heavy atom. The molecule has 0 saturated carbocycles. The van der Waals surface area contributed by atoms with Crippen LogP contribution in [0.1, 0.15) is 12.5 Å². The summed E-state index contributed by atoms with van der Waals surface area (Å²) in [4.78, 5) is 10.2. The van der Waals surface area contributed by atoms with Crippen LogP contribution in [0.25, 0.3) is 0 Å². The lowest BCUT2D eigenvalue weighted by Crippen LogP contribution is -2.02. The van der Waals surface area contributed by atoms with E-state index in [1.54, 1.807) is 6.92 Å². The quantitative estimate of drug-likeness (QED) is 0.650. The first-order chi connectivity index (χ1) is 8.08. The van der Waals surface area contributed by atoms with Crippen LogP contribution in [0.4, 0.5) is 5.69 Å². The molecule has 0 aliphatic rings. The van der Waals surface area contributed by atoms with Crippen molar-refractivity contribution in [1.29, 1.82) is 0 Å². The Bertz CT molecular complexity index is 445. The molecule has 0 aromatic heterocycles. The minimum absolute atomic E-state index is 0.124. The van der Waals surface area contributed by atoms with E-state index in [-0.39, 0.29) is 24.7 Å². The smallest absolute Gasteiger partial charge is 0.310 e. The third-order valence-electron chi connectivity index (χ3n) is 2.05. The first-order valence-corrected chi connectivity index (χ1v) is 5.29. The molecule has 1 rings (SSSR count). The monoisotopic (exact) mass is 257 g/mol. The molecular formula is C11H12ClNO4.